The van der Waals surface area contributed by atoms with Crippen molar-refractivity contribution in [1.29, 1.82) is 0 Å². The lowest BCUT2D eigenvalue weighted by molar-refractivity contribution is 0.114. The van der Waals surface area contributed by atoms with Gasteiger partial charge in [0.15, 0.2) is 0 Å². The molecule has 1 saturated carbocycles. The van der Waals surface area contributed by atoms with Crippen molar-refractivity contribution in [2.75, 3.05) is 20.1 Å². The lowest BCUT2D eigenvalue weighted by Gasteiger charge is -2.24. The zero-order chi connectivity index (χ0) is 14.5. The second kappa shape index (κ2) is 7.09. The van der Waals surface area contributed by atoms with E-state index < -0.39 is 0 Å². The molecule has 1 aromatic rings. The van der Waals surface area contributed by atoms with Crippen LogP contribution in [0.3, 0.4) is 0 Å². The van der Waals surface area contributed by atoms with E-state index >= 15 is 0 Å². The van der Waals surface area contributed by atoms with Crippen molar-refractivity contribution < 1.29 is 9.90 Å². The van der Waals surface area contributed by atoms with Gasteiger partial charge in [-0.3, -0.25) is 0 Å². The van der Waals surface area contributed by atoms with Crippen LogP contribution in [0.4, 0.5) is 4.79 Å². The standard InChI is InChI=1S/C15H24N2O2S/c1-11(13-6-7-20-10-13)8-16-15(19)17(2)9-12-4-3-5-14(12)18/h6-7,10-12,14,18H,3-5,8-9H2,1-2H3,(H,16,19). The highest BCUT2D eigenvalue weighted by molar-refractivity contribution is 7.07. The van der Waals surface area contributed by atoms with E-state index in [9.17, 15) is 9.90 Å². The Morgan fingerprint density at radius 3 is 3.00 bits per heavy atom. The Bertz CT molecular complexity index is 422. The molecule has 2 amide bonds. The second-order valence-corrected chi connectivity index (χ2v) is 6.56. The zero-order valence-electron chi connectivity index (χ0n) is 12.2. The van der Waals surface area contributed by atoms with Crippen LogP contribution in [-0.2, 0) is 0 Å². The summed E-state index contributed by atoms with van der Waals surface area (Å²) in [5, 5.41) is 17.0. The molecule has 2 N–H and O–H groups in total. The van der Waals surface area contributed by atoms with E-state index in [0.717, 1.165) is 19.3 Å². The minimum Gasteiger partial charge on any atom is -0.393 e. The molecule has 0 bridgehead atoms. The summed E-state index contributed by atoms with van der Waals surface area (Å²) in [6.07, 6.45) is 2.71. The Kier molecular flexibility index (Phi) is 5.43. The summed E-state index contributed by atoms with van der Waals surface area (Å²) in [7, 11) is 1.80. The summed E-state index contributed by atoms with van der Waals surface area (Å²) in [5.41, 5.74) is 1.27. The van der Waals surface area contributed by atoms with Gasteiger partial charge >= 0.3 is 6.03 Å². The first-order chi connectivity index (χ1) is 9.58. The van der Waals surface area contributed by atoms with Gasteiger partial charge in [0, 0.05) is 26.1 Å². The number of thiophene rings is 1. The summed E-state index contributed by atoms with van der Waals surface area (Å²) in [6, 6.07) is 2.05. The maximum atomic E-state index is 12.0. The molecule has 1 aromatic heterocycles. The van der Waals surface area contributed by atoms with Crippen LogP contribution < -0.4 is 5.32 Å². The number of nitrogens with zero attached hydrogens (tertiary/aromatic N) is 1. The van der Waals surface area contributed by atoms with Gasteiger partial charge < -0.3 is 15.3 Å². The molecule has 0 radical (unpaired) electrons. The monoisotopic (exact) mass is 296 g/mol. The average molecular weight is 296 g/mol. The fourth-order valence-electron chi connectivity index (χ4n) is 2.71. The third kappa shape index (κ3) is 3.96. The Morgan fingerprint density at radius 1 is 1.60 bits per heavy atom. The van der Waals surface area contributed by atoms with E-state index in [4.69, 9.17) is 0 Å². The smallest absolute Gasteiger partial charge is 0.317 e. The quantitative estimate of drug-likeness (QED) is 0.877. The lowest BCUT2D eigenvalue weighted by atomic mass is 10.1. The van der Waals surface area contributed by atoms with Crippen LogP contribution in [0.25, 0.3) is 0 Å². The molecule has 0 saturated heterocycles. The molecule has 1 heterocycles. The molecule has 0 spiro atoms. The molecule has 3 unspecified atom stereocenters. The van der Waals surface area contributed by atoms with Gasteiger partial charge in [-0.15, -0.1) is 0 Å². The highest BCUT2D eigenvalue weighted by atomic mass is 32.1. The highest BCUT2D eigenvalue weighted by Crippen LogP contribution is 2.26. The normalized spacial score (nSPS) is 23.6. The van der Waals surface area contributed by atoms with Gasteiger partial charge in [-0.2, -0.15) is 11.3 Å². The van der Waals surface area contributed by atoms with Crippen LogP contribution in [-0.4, -0.2) is 42.3 Å². The number of hydrogen-bond acceptors (Lipinski definition) is 3. The van der Waals surface area contributed by atoms with Gasteiger partial charge in [-0.1, -0.05) is 13.3 Å². The number of urea groups is 1. The van der Waals surface area contributed by atoms with Crippen molar-refractivity contribution >= 4 is 17.4 Å². The number of aliphatic hydroxyl groups is 1. The van der Waals surface area contributed by atoms with Crippen molar-refractivity contribution in [1.82, 2.24) is 10.2 Å². The second-order valence-electron chi connectivity index (χ2n) is 5.78. The number of aliphatic hydroxyl groups excluding tert-OH is 1. The maximum absolute atomic E-state index is 12.0. The maximum Gasteiger partial charge on any atom is 0.317 e. The predicted octanol–water partition coefficient (Wildman–Crippen LogP) is 2.65. The van der Waals surface area contributed by atoms with E-state index in [1.165, 1.54) is 5.56 Å². The van der Waals surface area contributed by atoms with E-state index in [-0.39, 0.29) is 18.1 Å². The van der Waals surface area contributed by atoms with Gasteiger partial charge in [-0.25, -0.2) is 4.79 Å². The number of carbonyl (C=O) groups excluding carboxylic acids is 1. The molecule has 0 aromatic carbocycles. The van der Waals surface area contributed by atoms with E-state index in [1.54, 1.807) is 23.3 Å². The molecule has 1 fully saturated rings. The van der Waals surface area contributed by atoms with E-state index in [0.29, 0.717) is 19.0 Å². The number of nitrogens with one attached hydrogen (secondary N) is 1. The van der Waals surface area contributed by atoms with Crippen molar-refractivity contribution in [3.63, 3.8) is 0 Å². The van der Waals surface area contributed by atoms with Crippen LogP contribution >= 0.6 is 11.3 Å². The molecule has 112 valence electrons. The fourth-order valence-corrected chi connectivity index (χ4v) is 3.50. The van der Waals surface area contributed by atoms with E-state index in [2.05, 4.69) is 29.1 Å². The van der Waals surface area contributed by atoms with Crippen molar-refractivity contribution in [2.45, 2.75) is 38.2 Å². The molecule has 0 aliphatic heterocycles. The van der Waals surface area contributed by atoms with Crippen molar-refractivity contribution in [3.05, 3.63) is 22.4 Å². The topological polar surface area (TPSA) is 52.6 Å². The summed E-state index contributed by atoms with van der Waals surface area (Å²) < 4.78 is 0. The van der Waals surface area contributed by atoms with Crippen LogP contribution in [0.15, 0.2) is 16.8 Å². The average Bonchev–Trinajstić information content (AvgIpc) is 3.08. The van der Waals surface area contributed by atoms with Crippen LogP contribution in [0, 0.1) is 5.92 Å². The van der Waals surface area contributed by atoms with Gasteiger partial charge in [0.05, 0.1) is 6.10 Å². The zero-order valence-corrected chi connectivity index (χ0v) is 13.0. The summed E-state index contributed by atoms with van der Waals surface area (Å²) in [5.74, 6) is 0.565. The number of amides is 2. The van der Waals surface area contributed by atoms with Crippen LogP contribution in [0.1, 0.15) is 37.7 Å². The molecule has 3 atom stereocenters. The first-order valence-electron chi connectivity index (χ1n) is 7.27. The van der Waals surface area contributed by atoms with Crippen LogP contribution in [0.5, 0.6) is 0 Å². The van der Waals surface area contributed by atoms with Gasteiger partial charge in [-0.05, 0) is 41.1 Å². The van der Waals surface area contributed by atoms with Crippen LogP contribution in [0.2, 0.25) is 0 Å². The third-order valence-corrected chi connectivity index (χ3v) is 4.85. The molecule has 1 aliphatic carbocycles. The molecule has 1 aliphatic rings. The molecule has 20 heavy (non-hydrogen) atoms. The van der Waals surface area contributed by atoms with Crippen molar-refractivity contribution in [2.24, 2.45) is 5.92 Å². The Morgan fingerprint density at radius 2 is 2.40 bits per heavy atom. The van der Waals surface area contributed by atoms with Gasteiger partial charge in [0.1, 0.15) is 0 Å². The minimum absolute atomic E-state index is 0.0498. The first-order valence-corrected chi connectivity index (χ1v) is 8.21. The molecule has 4 nitrogen and oxygen atoms in total. The minimum atomic E-state index is -0.241. The number of hydrogen-bond donors (Lipinski definition) is 2. The predicted molar refractivity (Wildman–Crippen MR) is 82.1 cm³/mol. The van der Waals surface area contributed by atoms with Crippen molar-refractivity contribution in [3.8, 4) is 0 Å². The molecular weight excluding hydrogens is 272 g/mol. The summed E-state index contributed by atoms with van der Waals surface area (Å²) in [4.78, 5) is 13.7. The summed E-state index contributed by atoms with van der Waals surface area (Å²) in [6.45, 7) is 3.40. The van der Waals surface area contributed by atoms with Gasteiger partial charge in [0.25, 0.3) is 0 Å². The Labute approximate surface area is 124 Å². The lowest BCUT2D eigenvalue weighted by Crippen LogP contribution is -2.42. The summed E-state index contributed by atoms with van der Waals surface area (Å²) >= 11 is 1.68. The third-order valence-electron chi connectivity index (χ3n) is 4.15. The van der Waals surface area contributed by atoms with Gasteiger partial charge in [0.2, 0.25) is 0 Å². The SMILES string of the molecule is CC(CNC(=O)N(C)CC1CCCC1O)c1ccsc1. The first kappa shape index (κ1) is 15.3. The molecule has 5 heteroatoms. The Balaban J connectivity index is 1.73. The van der Waals surface area contributed by atoms with E-state index in [1.807, 2.05) is 0 Å². The fraction of sp³-hybridized carbons (Fsp3) is 0.667. The number of carbonyl (C=O) groups is 1. The molecule has 2 rings (SSSR count). The molecular formula is C15H24N2O2S. The highest BCUT2D eigenvalue weighted by Gasteiger charge is 2.27. The largest absolute Gasteiger partial charge is 0.393 e. The Hall–Kier alpha value is -1.07. The number of rotatable bonds is 5.